The lowest BCUT2D eigenvalue weighted by atomic mass is 10.0. The van der Waals surface area contributed by atoms with E-state index in [2.05, 4.69) is 10.4 Å². The summed E-state index contributed by atoms with van der Waals surface area (Å²) in [6.45, 7) is 5.65. The third-order valence-corrected chi connectivity index (χ3v) is 4.47. The van der Waals surface area contributed by atoms with Gasteiger partial charge in [-0.05, 0) is 24.6 Å². The largest absolute Gasteiger partial charge is 0.383 e. The molecule has 3 rings (SSSR count). The van der Waals surface area contributed by atoms with Gasteiger partial charge in [-0.15, -0.1) is 0 Å². The number of halogens is 1. The Morgan fingerprint density at radius 2 is 2.30 bits per heavy atom. The lowest BCUT2D eigenvalue weighted by Gasteiger charge is -2.26. The SMILES string of the molecule is COCCN(Cl)C(=O)c1cc2cn(CC3CNC3)nc2cc1C. The first-order chi connectivity index (χ1) is 11.1. The summed E-state index contributed by atoms with van der Waals surface area (Å²) in [6, 6.07) is 3.82. The van der Waals surface area contributed by atoms with Gasteiger partial charge in [-0.3, -0.25) is 9.48 Å². The quantitative estimate of drug-likeness (QED) is 0.817. The first-order valence-corrected chi connectivity index (χ1v) is 8.07. The Labute approximate surface area is 140 Å². The van der Waals surface area contributed by atoms with Crippen LogP contribution in [0.4, 0.5) is 0 Å². The Morgan fingerprint density at radius 3 is 2.96 bits per heavy atom. The number of hydrogen-bond acceptors (Lipinski definition) is 4. The monoisotopic (exact) mass is 336 g/mol. The van der Waals surface area contributed by atoms with Crippen molar-refractivity contribution in [2.75, 3.05) is 33.4 Å². The summed E-state index contributed by atoms with van der Waals surface area (Å²) in [5, 5.41) is 8.82. The number of nitrogens with one attached hydrogen (secondary N) is 1. The fourth-order valence-electron chi connectivity index (χ4n) is 2.70. The Kier molecular flexibility index (Phi) is 4.84. The van der Waals surface area contributed by atoms with Crippen LogP contribution in [-0.4, -0.2) is 53.5 Å². The van der Waals surface area contributed by atoms with Gasteiger partial charge in [0, 0.05) is 61.6 Å². The summed E-state index contributed by atoms with van der Waals surface area (Å²) >= 11 is 6.04. The molecule has 1 aliphatic heterocycles. The summed E-state index contributed by atoms with van der Waals surface area (Å²) in [4.78, 5) is 12.5. The molecule has 2 heterocycles. The van der Waals surface area contributed by atoms with Crippen molar-refractivity contribution in [2.45, 2.75) is 13.5 Å². The van der Waals surface area contributed by atoms with Gasteiger partial charge >= 0.3 is 0 Å². The van der Waals surface area contributed by atoms with Crippen LogP contribution >= 0.6 is 11.8 Å². The highest BCUT2D eigenvalue weighted by atomic mass is 35.5. The normalized spacial score (nSPS) is 14.9. The third kappa shape index (κ3) is 3.49. The van der Waals surface area contributed by atoms with Crippen molar-refractivity contribution in [2.24, 2.45) is 5.92 Å². The molecule has 0 spiro atoms. The second-order valence-corrected chi connectivity index (χ2v) is 6.39. The Morgan fingerprint density at radius 1 is 1.52 bits per heavy atom. The number of benzene rings is 1. The predicted molar refractivity (Wildman–Crippen MR) is 89.6 cm³/mol. The van der Waals surface area contributed by atoms with E-state index in [4.69, 9.17) is 16.5 Å². The highest BCUT2D eigenvalue weighted by Gasteiger charge is 2.20. The number of aromatic nitrogens is 2. The van der Waals surface area contributed by atoms with E-state index in [0.29, 0.717) is 24.6 Å². The van der Waals surface area contributed by atoms with Crippen LogP contribution in [-0.2, 0) is 11.3 Å². The number of nitrogens with zero attached hydrogens (tertiary/aromatic N) is 3. The van der Waals surface area contributed by atoms with Crippen LogP contribution in [0.3, 0.4) is 0 Å². The van der Waals surface area contributed by atoms with Gasteiger partial charge in [0.05, 0.1) is 18.7 Å². The number of ether oxygens (including phenoxy) is 1. The summed E-state index contributed by atoms with van der Waals surface area (Å²) in [5.74, 6) is 0.429. The molecule has 0 aliphatic carbocycles. The number of hydrogen-bond donors (Lipinski definition) is 1. The lowest BCUT2D eigenvalue weighted by Crippen LogP contribution is -2.44. The van der Waals surface area contributed by atoms with Gasteiger partial charge in [-0.1, -0.05) is 0 Å². The molecule has 0 saturated carbocycles. The molecule has 1 saturated heterocycles. The lowest BCUT2D eigenvalue weighted by molar-refractivity contribution is 0.0828. The molecule has 0 atom stereocenters. The number of amides is 1. The van der Waals surface area contributed by atoms with Crippen LogP contribution in [0.15, 0.2) is 18.3 Å². The molecule has 0 unspecified atom stereocenters. The molecule has 1 aromatic heterocycles. The number of methoxy groups -OCH3 is 1. The molecule has 1 aliphatic rings. The highest BCUT2D eigenvalue weighted by Crippen LogP contribution is 2.21. The topological polar surface area (TPSA) is 59.4 Å². The first-order valence-electron chi connectivity index (χ1n) is 7.73. The zero-order valence-corrected chi connectivity index (χ0v) is 14.1. The van der Waals surface area contributed by atoms with Crippen molar-refractivity contribution in [3.63, 3.8) is 0 Å². The molecule has 0 radical (unpaired) electrons. The van der Waals surface area contributed by atoms with Crippen LogP contribution in [0.2, 0.25) is 0 Å². The van der Waals surface area contributed by atoms with E-state index in [9.17, 15) is 4.79 Å². The Hall–Kier alpha value is -1.63. The molecule has 7 heteroatoms. The van der Waals surface area contributed by atoms with Crippen molar-refractivity contribution >= 4 is 28.6 Å². The molecular weight excluding hydrogens is 316 g/mol. The average Bonchev–Trinajstić information content (AvgIpc) is 2.88. The Balaban J connectivity index is 1.82. The van der Waals surface area contributed by atoms with Crippen LogP contribution in [0.1, 0.15) is 15.9 Å². The number of carbonyl (C=O) groups excluding carboxylic acids is 1. The van der Waals surface area contributed by atoms with E-state index in [1.807, 2.05) is 29.9 Å². The number of carbonyl (C=O) groups is 1. The maximum absolute atomic E-state index is 12.5. The summed E-state index contributed by atoms with van der Waals surface area (Å²) in [5.41, 5.74) is 2.39. The van der Waals surface area contributed by atoms with Crippen LogP contribution < -0.4 is 5.32 Å². The standard InChI is InChI=1S/C16H21ClN4O2/c1-11-5-15-13(10-20(19-15)9-12-7-18-8-12)6-14(11)16(22)21(17)3-4-23-2/h5-6,10,12,18H,3-4,7-9H2,1-2H3. The van der Waals surface area contributed by atoms with Crippen molar-refractivity contribution in [1.29, 1.82) is 0 Å². The van der Waals surface area contributed by atoms with Crippen molar-refractivity contribution < 1.29 is 9.53 Å². The van der Waals surface area contributed by atoms with E-state index in [-0.39, 0.29) is 5.91 Å². The molecule has 6 nitrogen and oxygen atoms in total. The zero-order chi connectivity index (χ0) is 16.4. The van der Waals surface area contributed by atoms with E-state index in [1.165, 1.54) is 4.42 Å². The molecule has 1 N–H and O–H groups in total. The van der Waals surface area contributed by atoms with Gasteiger partial charge in [0.15, 0.2) is 0 Å². The zero-order valence-electron chi connectivity index (χ0n) is 13.4. The molecule has 0 bridgehead atoms. The minimum atomic E-state index is -0.209. The third-order valence-electron chi connectivity index (χ3n) is 4.15. The van der Waals surface area contributed by atoms with E-state index < -0.39 is 0 Å². The second-order valence-electron chi connectivity index (χ2n) is 5.99. The summed E-state index contributed by atoms with van der Waals surface area (Å²) < 4.78 is 8.09. The van der Waals surface area contributed by atoms with Crippen molar-refractivity contribution in [3.8, 4) is 0 Å². The van der Waals surface area contributed by atoms with Crippen molar-refractivity contribution in [3.05, 3.63) is 29.5 Å². The van der Waals surface area contributed by atoms with E-state index >= 15 is 0 Å². The number of aryl methyl sites for hydroxylation is 1. The van der Waals surface area contributed by atoms with Gasteiger partial charge in [-0.2, -0.15) is 5.10 Å². The molecular formula is C16H21ClN4O2. The number of rotatable bonds is 6. The minimum absolute atomic E-state index is 0.209. The van der Waals surface area contributed by atoms with Gasteiger partial charge < -0.3 is 10.1 Å². The van der Waals surface area contributed by atoms with E-state index in [1.54, 1.807) is 7.11 Å². The van der Waals surface area contributed by atoms with Gasteiger partial charge in [0.2, 0.25) is 0 Å². The minimum Gasteiger partial charge on any atom is -0.383 e. The van der Waals surface area contributed by atoms with Gasteiger partial charge in [0.25, 0.3) is 5.91 Å². The maximum atomic E-state index is 12.5. The van der Waals surface area contributed by atoms with Crippen LogP contribution in [0.25, 0.3) is 10.9 Å². The van der Waals surface area contributed by atoms with E-state index in [0.717, 1.165) is 36.1 Å². The smallest absolute Gasteiger partial charge is 0.268 e. The average molecular weight is 337 g/mol. The van der Waals surface area contributed by atoms with Crippen LogP contribution in [0.5, 0.6) is 0 Å². The highest BCUT2D eigenvalue weighted by molar-refractivity contribution is 6.24. The molecule has 1 amide bonds. The summed E-state index contributed by atoms with van der Waals surface area (Å²) in [7, 11) is 1.58. The van der Waals surface area contributed by atoms with Gasteiger partial charge in [0.1, 0.15) is 0 Å². The predicted octanol–water partition coefficient (Wildman–Crippen LogP) is 1.81. The fourth-order valence-corrected chi connectivity index (χ4v) is 2.86. The number of fused-ring (bicyclic) bond motifs is 1. The second kappa shape index (κ2) is 6.86. The molecule has 1 aromatic carbocycles. The molecule has 1 fully saturated rings. The maximum Gasteiger partial charge on any atom is 0.268 e. The molecule has 23 heavy (non-hydrogen) atoms. The molecule has 2 aromatic rings. The molecule has 124 valence electrons. The van der Waals surface area contributed by atoms with Crippen LogP contribution in [0, 0.1) is 12.8 Å². The van der Waals surface area contributed by atoms with Crippen molar-refractivity contribution in [1.82, 2.24) is 19.5 Å². The summed E-state index contributed by atoms with van der Waals surface area (Å²) in [6.07, 6.45) is 2.00. The first kappa shape index (κ1) is 16.2. The van der Waals surface area contributed by atoms with Gasteiger partial charge in [-0.25, -0.2) is 4.42 Å². The Bertz CT molecular complexity index is 711. The fraction of sp³-hybridized carbons (Fsp3) is 0.500.